The molecule has 0 radical (unpaired) electrons. The van der Waals surface area contributed by atoms with E-state index in [-0.39, 0.29) is 9.91 Å². The standard InChI is InChI=1S/C8H21O3PSi/c1-2-3-4-5-6-7-8-11-12(9,10)13/h2-8H2,1,13H3,(H,9,10). The molecule has 0 rings (SSSR count). The Balaban J connectivity index is 3.04. The van der Waals surface area contributed by atoms with Gasteiger partial charge in [-0.15, -0.1) is 0 Å². The second-order valence-electron chi connectivity index (χ2n) is 3.40. The SMILES string of the molecule is CCCCCCCCOP(=O)(O)[SiH3]. The van der Waals surface area contributed by atoms with Crippen molar-refractivity contribution in [3.8, 4) is 0 Å². The highest BCUT2D eigenvalue weighted by Crippen LogP contribution is 2.35. The van der Waals surface area contributed by atoms with Crippen LogP contribution in [0, 0.1) is 0 Å². The third-order valence-corrected chi connectivity index (χ3v) is 3.26. The van der Waals surface area contributed by atoms with Gasteiger partial charge in [-0.05, 0) is 6.42 Å². The fraction of sp³-hybridized carbons (Fsp3) is 1.00. The lowest BCUT2D eigenvalue weighted by Gasteiger charge is -2.06. The van der Waals surface area contributed by atoms with Gasteiger partial charge in [-0.2, -0.15) is 0 Å². The maximum Gasteiger partial charge on any atom is 0.283 e. The van der Waals surface area contributed by atoms with Crippen LogP contribution in [0.25, 0.3) is 0 Å². The second kappa shape index (κ2) is 7.74. The molecule has 0 aromatic carbocycles. The highest BCUT2D eigenvalue weighted by Gasteiger charge is 2.07. The Morgan fingerprint density at radius 3 is 2.31 bits per heavy atom. The van der Waals surface area contributed by atoms with Crippen molar-refractivity contribution in [2.45, 2.75) is 45.4 Å². The molecule has 1 N–H and O–H groups in total. The predicted molar refractivity (Wildman–Crippen MR) is 59.1 cm³/mol. The van der Waals surface area contributed by atoms with Gasteiger partial charge in [0.25, 0.3) is 7.14 Å². The summed E-state index contributed by atoms with van der Waals surface area (Å²) >= 11 is 0. The molecule has 0 aliphatic heterocycles. The molecule has 0 spiro atoms. The van der Waals surface area contributed by atoms with E-state index in [4.69, 9.17) is 9.42 Å². The molecule has 3 nitrogen and oxygen atoms in total. The Labute approximate surface area is 83.7 Å². The zero-order valence-corrected chi connectivity index (χ0v) is 11.6. The molecule has 0 aliphatic rings. The zero-order chi connectivity index (χ0) is 10.2. The van der Waals surface area contributed by atoms with E-state index in [0.29, 0.717) is 6.61 Å². The monoisotopic (exact) mass is 224 g/mol. The fourth-order valence-electron chi connectivity index (χ4n) is 1.12. The van der Waals surface area contributed by atoms with Gasteiger partial charge in [0.2, 0.25) is 0 Å². The Hall–Kier alpha value is 0.367. The summed E-state index contributed by atoms with van der Waals surface area (Å²) in [7, 11) is -2.85. The van der Waals surface area contributed by atoms with Crippen LogP contribution in [0.3, 0.4) is 0 Å². The van der Waals surface area contributed by atoms with Crippen LogP contribution in [-0.4, -0.2) is 21.4 Å². The summed E-state index contributed by atoms with van der Waals surface area (Å²) in [5.41, 5.74) is 0. The quantitative estimate of drug-likeness (QED) is 0.389. The van der Waals surface area contributed by atoms with Crippen LogP contribution in [0.4, 0.5) is 0 Å². The van der Waals surface area contributed by atoms with Crippen molar-refractivity contribution >= 4 is 17.1 Å². The molecule has 13 heavy (non-hydrogen) atoms. The van der Waals surface area contributed by atoms with Crippen LogP contribution in [-0.2, 0) is 9.09 Å². The molecule has 0 bridgehead atoms. The highest BCUT2D eigenvalue weighted by atomic mass is 31.4. The molecule has 80 valence electrons. The first-order valence-electron chi connectivity index (χ1n) is 5.01. The maximum absolute atomic E-state index is 10.7. The first kappa shape index (κ1) is 13.4. The average Bonchev–Trinajstić information content (AvgIpc) is 2.01. The summed E-state index contributed by atoms with van der Waals surface area (Å²) in [4.78, 5) is 8.85. The molecule has 0 aliphatic carbocycles. The van der Waals surface area contributed by atoms with E-state index in [1.54, 1.807) is 0 Å². The minimum atomic E-state index is -3.09. The van der Waals surface area contributed by atoms with Crippen molar-refractivity contribution in [2.75, 3.05) is 6.61 Å². The van der Waals surface area contributed by atoms with Crippen LogP contribution in [0.15, 0.2) is 0 Å². The molecule has 0 saturated heterocycles. The minimum absolute atomic E-state index is 0.237. The number of unbranched alkanes of at least 4 members (excludes halogenated alkanes) is 5. The molecule has 0 aromatic rings. The molecular formula is C8H21O3PSi. The van der Waals surface area contributed by atoms with Gasteiger partial charge in [0.15, 0.2) is 0 Å². The normalized spacial score (nSPS) is 15.8. The summed E-state index contributed by atoms with van der Waals surface area (Å²) in [6, 6.07) is 0. The highest BCUT2D eigenvalue weighted by molar-refractivity contribution is 7.78. The van der Waals surface area contributed by atoms with E-state index in [2.05, 4.69) is 6.92 Å². The molecule has 5 heteroatoms. The molecule has 0 heterocycles. The lowest BCUT2D eigenvalue weighted by molar-refractivity contribution is 0.266. The summed E-state index contributed by atoms with van der Waals surface area (Å²) in [6.45, 7) is 2.64. The fourth-order valence-corrected chi connectivity index (χ4v) is 2.13. The largest absolute Gasteiger partial charge is 0.329 e. The summed E-state index contributed by atoms with van der Waals surface area (Å²) in [5, 5.41) is 0. The zero-order valence-electron chi connectivity index (χ0n) is 8.66. The van der Waals surface area contributed by atoms with Gasteiger partial charge in [0.05, 0.1) is 6.61 Å². The van der Waals surface area contributed by atoms with Crippen LogP contribution >= 0.6 is 7.14 Å². The third-order valence-electron chi connectivity index (χ3n) is 1.83. The van der Waals surface area contributed by atoms with Gasteiger partial charge in [-0.3, -0.25) is 4.57 Å². The van der Waals surface area contributed by atoms with Gasteiger partial charge in [-0.1, -0.05) is 39.0 Å². The van der Waals surface area contributed by atoms with Crippen molar-refractivity contribution in [1.82, 2.24) is 0 Å². The Morgan fingerprint density at radius 2 is 1.77 bits per heavy atom. The summed E-state index contributed by atoms with van der Waals surface area (Å²) < 4.78 is 15.6. The Morgan fingerprint density at radius 1 is 1.23 bits per heavy atom. The molecule has 1 unspecified atom stereocenters. The van der Waals surface area contributed by atoms with Crippen molar-refractivity contribution in [3.05, 3.63) is 0 Å². The van der Waals surface area contributed by atoms with Crippen molar-refractivity contribution < 1.29 is 14.0 Å². The lowest BCUT2D eigenvalue weighted by atomic mass is 10.1. The van der Waals surface area contributed by atoms with Crippen LogP contribution in [0.5, 0.6) is 0 Å². The second-order valence-corrected chi connectivity index (χ2v) is 8.66. The van der Waals surface area contributed by atoms with Crippen molar-refractivity contribution in [3.63, 3.8) is 0 Å². The van der Waals surface area contributed by atoms with Crippen molar-refractivity contribution in [2.24, 2.45) is 0 Å². The van der Waals surface area contributed by atoms with Gasteiger partial charge in [0, 0.05) is 0 Å². The number of rotatable bonds is 8. The molecule has 0 amide bonds. The van der Waals surface area contributed by atoms with E-state index in [0.717, 1.165) is 12.8 Å². The predicted octanol–water partition coefficient (Wildman–Crippen LogP) is 1.83. The molecule has 0 saturated carbocycles. The van der Waals surface area contributed by atoms with E-state index in [9.17, 15) is 4.57 Å². The lowest BCUT2D eigenvalue weighted by Crippen LogP contribution is -1.92. The number of hydrogen-bond donors (Lipinski definition) is 1. The topological polar surface area (TPSA) is 46.5 Å². The smallest absolute Gasteiger partial charge is 0.283 e. The molecule has 1 atom stereocenters. The van der Waals surface area contributed by atoms with E-state index >= 15 is 0 Å². The van der Waals surface area contributed by atoms with Crippen LogP contribution in [0.2, 0.25) is 0 Å². The molecule has 0 fully saturated rings. The van der Waals surface area contributed by atoms with E-state index in [1.807, 2.05) is 0 Å². The first-order chi connectivity index (χ1) is 6.06. The van der Waals surface area contributed by atoms with E-state index in [1.165, 1.54) is 25.7 Å². The third kappa shape index (κ3) is 12.4. The maximum atomic E-state index is 10.7. The van der Waals surface area contributed by atoms with E-state index < -0.39 is 7.14 Å². The van der Waals surface area contributed by atoms with Gasteiger partial charge < -0.3 is 9.42 Å². The summed E-state index contributed by atoms with van der Waals surface area (Å²) in [5.74, 6) is 0. The van der Waals surface area contributed by atoms with Crippen LogP contribution < -0.4 is 0 Å². The summed E-state index contributed by atoms with van der Waals surface area (Å²) in [6.07, 6.45) is 7.06. The Bertz CT molecular complexity index is 157. The van der Waals surface area contributed by atoms with Gasteiger partial charge in [0.1, 0.15) is 9.91 Å². The molecule has 0 aromatic heterocycles. The first-order valence-corrected chi connectivity index (χ1v) is 9.72. The molecular weight excluding hydrogens is 203 g/mol. The van der Waals surface area contributed by atoms with Gasteiger partial charge in [-0.25, -0.2) is 0 Å². The van der Waals surface area contributed by atoms with Gasteiger partial charge >= 0.3 is 0 Å². The average molecular weight is 224 g/mol. The van der Waals surface area contributed by atoms with Crippen LogP contribution in [0.1, 0.15) is 45.4 Å². The van der Waals surface area contributed by atoms with Crippen molar-refractivity contribution in [1.29, 1.82) is 0 Å². The number of hydrogen-bond acceptors (Lipinski definition) is 2. The Kier molecular flexibility index (Phi) is 7.96. The minimum Gasteiger partial charge on any atom is -0.329 e.